The van der Waals surface area contributed by atoms with E-state index in [1.54, 1.807) is 7.11 Å². The monoisotopic (exact) mass is 278 g/mol. The lowest BCUT2D eigenvalue weighted by atomic mass is 9.75. The Kier molecular flexibility index (Phi) is 4.98. The van der Waals surface area contributed by atoms with Crippen molar-refractivity contribution in [3.8, 4) is 5.75 Å². The quantitative estimate of drug-likeness (QED) is 0.747. The normalized spacial score (nSPS) is 16.3. The Morgan fingerprint density at radius 1 is 1.30 bits per heavy atom. The van der Waals surface area contributed by atoms with Crippen LogP contribution in [-0.2, 0) is 9.53 Å². The van der Waals surface area contributed by atoms with Crippen LogP contribution in [0.25, 0.3) is 0 Å². The number of carbonyl (C=O) groups excluding carboxylic acids is 1. The van der Waals surface area contributed by atoms with E-state index in [0.29, 0.717) is 19.6 Å². The Morgan fingerprint density at radius 3 is 2.55 bits per heavy atom. The average molecular weight is 278 g/mol. The summed E-state index contributed by atoms with van der Waals surface area (Å²) in [6.45, 7) is 1.06. The van der Waals surface area contributed by atoms with Crippen LogP contribution >= 0.6 is 0 Å². The zero-order chi connectivity index (χ0) is 14.4. The van der Waals surface area contributed by atoms with Gasteiger partial charge in [-0.2, -0.15) is 0 Å². The van der Waals surface area contributed by atoms with Crippen molar-refractivity contribution in [2.75, 3.05) is 25.6 Å². The minimum atomic E-state index is -0.284. The maximum atomic E-state index is 11.9. The topological polar surface area (TPSA) is 73.6 Å². The summed E-state index contributed by atoms with van der Waals surface area (Å²) in [6, 6.07) is 7.30. The zero-order valence-electron chi connectivity index (χ0n) is 11.9. The number of hydrogen-bond acceptors (Lipinski definition) is 4. The van der Waals surface area contributed by atoms with Crippen LogP contribution in [0.4, 0.5) is 5.69 Å². The van der Waals surface area contributed by atoms with Crippen molar-refractivity contribution in [2.45, 2.75) is 31.2 Å². The number of methoxy groups -OCH3 is 1. The van der Waals surface area contributed by atoms with E-state index in [-0.39, 0.29) is 11.4 Å². The molecule has 0 radical (unpaired) electrons. The summed E-state index contributed by atoms with van der Waals surface area (Å²) < 4.78 is 10.4. The molecule has 5 nitrogen and oxygen atoms in total. The molecule has 2 rings (SSSR count). The Hall–Kier alpha value is -1.59. The van der Waals surface area contributed by atoms with E-state index in [1.165, 1.54) is 0 Å². The fourth-order valence-electron chi connectivity index (χ4n) is 2.21. The molecule has 1 aromatic carbocycles. The second-order valence-corrected chi connectivity index (χ2v) is 5.31. The van der Waals surface area contributed by atoms with Crippen LogP contribution in [0.15, 0.2) is 24.3 Å². The lowest BCUT2D eigenvalue weighted by molar-refractivity contribution is -0.118. The first-order chi connectivity index (χ1) is 9.61. The molecule has 0 atom stereocenters. The molecule has 0 saturated heterocycles. The van der Waals surface area contributed by atoms with Gasteiger partial charge in [0.25, 0.3) is 0 Å². The third-order valence-electron chi connectivity index (χ3n) is 3.56. The van der Waals surface area contributed by atoms with Crippen LogP contribution < -0.4 is 15.8 Å². The molecule has 5 heteroatoms. The molecule has 0 spiro atoms. The van der Waals surface area contributed by atoms with E-state index in [4.69, 9.17) is 15.2 Å². The van der Waals surface area contributed by atoms with Crippen molar-refractivity contribution < 1.29 is 14.3 Å². The van der Waals surface area contributed by atoms with Gasteiger partial charge in [-0.3, -0.25) is 4.79 Å². The number of hydrogen-bond donors (Lipinski definition) is 2. The largest absolute Gasteiger partial charge is 0.491 e. The van der Waals surface area contributed by atoms with Crippen molar-refractivity contribution >= 4 is 11.6 Å². The highest BCUT2D eigenvalue weighted by atomic mass is 16.5. The highest BCUT2D eigenvalue weighted by Gasteiger charge is 2.34. The van der Waals surface area contributed by atoms with E-state index >= 15 is 0 Å². The fraction of sp³-hybridized carbons (Fsp3) is 0.533. The molecule has 20 heavy (non-hydrogen) atoms. The van der Waals surface area contributed by atoms with Crippen LogP contribution in [0, 0.1) is 0 Å². The maximum Gasteiger partial charge on any atom is 0.226 e. The molecule has 1 aliphatic carbocycles. The Morgan fingerprint density at radius 2 is 2.00 bits per heavy atom. The molecule has 1 saturated carbocycles. The molecule has 1 aromatic rings. The van der Waals surface area contributed by atoms with E-state index in [1.807, 2.05) is 24.3 Å². The minimum absolute atomic E-state index is 0.0275. The number of nitrogens with one attached hydrogen (secondary N) is 1. The van der Waals surface area contributed by atoms with E-state index in [2.05, 4.69) is 5.32 Å². The second kappa shape index (κ2) is 6.72. The number of rotatable bonds is 7. The summed E-state index contributed by atoms with van der Waals surface area (Å²) >= 11 is 0. The van der Waals surface area contributed by atoms with Crippen molar-refractivity contribution in [2.24, 2.45) is 5.73 Å². The molecule has 0 heterocycles. The highest BCUT2D eigenvalue weighted by molar-refractivity contribution is 5.91. The number of anilines is 1. The van der Waals surface area contributed by atoms with Gasteiger partial charge in [-0.25, -0.2) is 0 Å². The Labute approximate surface area is 119 Å². The van der Waals surface area contributed by atoms with E-state index in [9.17, 15) is 4.79 Å². The SMILES string of the molecule is COCCOc1ccc(NC(=O)CC2(N)CCC2)cc1. The summed E-state index contributed by atoms with van der Waals surface area (Å²) in [7, 11) is 1.63. The Bertz CT molecular complexity index is 441. The van der Waals surface area contributed by atoms with Gasteiger partial charge in [0.15, 0.2) is 0 Å². The van der Waals surface area contributed by atoms with Gasteiger partial charge in [-0.15, -0.1) is 0 Å². The number of nitrogens with two attached hydrogens (primary N) is 1. The van der Waals surface area contributed by atoms with Crippen LogP contribution in [-0.4, -0.2) is 31.8 Å². The summed E-state index contributed by atoms with van der Waals surface area (Å²) in [5.74, 6) is 0.731. The maximum absolute atomic E-state index is 11.9. The van der Waals surface area contributed by atoms with Crippen LogP contribution in [0.5, 0.6) is 5.75 Å². The lowest BCUT2D eigenvalue weighted by Crippen LogP contribution is -2.48. The standard InChI is InChI=1S/C15H22N2O3/c1-19-9-10-20-13-5-3-12(4-6-13)17-14(18)11-15(16)7-2-8-15/h3-6H,2,7-11,16H2,1H3,(H,17,18). The summed E-state index contributed by atoms with van der Waals surface area (Å²) in [5.41, 5.74) is 6.53. The summed E-state index contributed by atoms with van der Waals surface area (Å²) in [4.78, 5) is 11.9. The number of ether oxygens (including phenoxy) is 2. The van der Waals surface area contributed by atoms with Crippen molar-refractivity contribution in [3.63, 3.8) is 0 Å². The van der Waals surface area contributed by atoms with Crippen molar-refractivity contribution in [1.29, 1.82) is 0 Å². The fourth-order valence-corrected chi connectivity index (χ4v) is 2.21. The van der Waals surface area contributed by atoms with E-state index in [0.717, 1.165) is 30.7 Å². The molecule has 3 N–H and O–H groups in total. The smallest absolute Gasteiger partial charge is 0.226 e. The number of carbonyl (C=O) groups is 1. The molecular formula is C15H22N2O3. The van der Waals surface area contributed by atoms with Gasteiger partial charge in [0.1, 0.15) is 12.4 Å². The third-order valence-corrected chi connectivity index (χ3v) is 3.56. The first kappa shape index (κ1) is 14.8. The second-order valence-electron chi connectivity index (χ2n) is 5.31. The molecule has 110 valence electrons. The van der Waals surface area contributed by atoms with Gasteiger partial charge in [-0.05, 0) is 43.5 Å². The lowest BCUT2D eigenvalue weighted by Gasteiger charge is -2.37. The Balaban J connectivity index is 1.79. The first-order valence-electron chi connectivity index (χ1n) is 6.92. The van der Waals surface area contributed by atoms with Gasteiger partial charge >= 0.3 is 0 Å². The predicted octanol–water partition coefficient (Wildman–Crippen LogP) is 1.92. The van der Waals surface area contributed by atoms with Gasteiger partial charge in [0, 0.05) is 24.8 Å². The molecule has 1 aliphatic rings. The zero-order valence-corrected chi connectivity index (χ0v) is 11.9. The van der Waals surface area contributed by atoms with Crippen molar-refractivity contribution in [3.05, 3.63) is 24.3 Å². The summed E-state index contributed by atoms with van der Waals surface area (Å²) in [6.07, 6.45) is 3.38. The molecule has 0 unspecified atom stereocenters. The van der Waals surface area contributed by atoms with Crippen LogP contribution in [0.1, 0.15) is 25.7 Å². The third kappa shape index (κ3) is 4.21. The van der Waals surface area contributed by atoms with Crippen LogP contribution in [0.2, 0.25) is 0 Å². The van der Waals surface area contributed by atoms with Gasteiger partial charge < -0.3 is 20.5 Å². The molecular weight excluding hydrogens is 256 g/mol. The average Bonchev–Trinajstić information content (AvgIpc) is 2.39. The minimum Gasteiger partial charge on any atom is -0.491 e. The molecule has 0 aliphatic heterocycles. The highest BCUT2D eigenvalue weighted by Crippen LogP contribution is 2.32. The molecule has 1 fully saturated rings. The van der Waals surface area contributed by atoms with Gasteiger partial charge in [-0.1, -0.05) is 0 Å². The van der Waals surface area contributed by atoms with Crippen LogP contribution in [0.3, 0.4) is 0 Å². The molecule has 0 aromatic heterocycles. The predicted molar refractivity (Wildman–Crippen MR) is 77.8 cm³/mol. The van der Waals surface area contributed by atoms with Gasteiger partial charge in [0.2, 0.25) is 5.91 Å². The van der Waals surface area contributed by atoms with E-state index < -0.39 is 0 Å². The van der Waals surface area contributed by atoms with Gasteiger partial charge in [0.05, 0.1) is 6.61 Å². The number of benzene rings is 1. The summed E-state index contributed by atoms with van der Waals surface area (Å²) in [5, 5.41) is 2.86. The first-order valence-corrected chi connectivity index (χ1v) is 6.92. The molecule has 1 amide bonds. The molecule has 0 bridgehead atoms. The number of amides is 1. The van der Waals surface area contributed by atoms with Crippen molar-refractivity contribution in [1.82, 2.24) is 0 Å².